The van der Waals surface area contributed by atoms with Gasteiger partial charge in [0.15, 0.2) is 0 Å². The van der Waals surface area contributed by atoms with Crippen LogP contribution in [0.2, 0.25) is 0 Å². The van der Waals surface area contributed by atoms with Gasteiger partial charge >= 0.3 is 0 Å². The molecule has 5 heteroatoms. The molecule has 1 atom stereocenters. The van der Waals surface area contributed by atoms with E-state index < -0.39 is 0 Å². The molecule has 1 aliphatic rings. The van der Waals surface area contributed by atoms with E-state index in [4.69, 9.17) is 0 Å². The Morgan fingerprint density at radius 1 is 1.38 bits per heavy atom. The van der Waals surface area contributed by atoms with Crippen molar-refractivity contribution in [3.8, 4) is 0 Å². The summed E-state index contributed by atoms with van der Waals surface area (Å²) < 4.78 is 0. The minimum absolute atomic E-state index is 0.00255. The first kappa shape index (κ1) is 15.5. The second-order valence-corrected chi connectivity index (χ2v) is 5.74. The van der Waals surface area contributed by atoms with Crippen LogP contribution in [0.4, 0.5) is 5.69 Å². The van der Waals surface area contributed by atoms with Crippen LogP contribution in [-0.2, 0) is 4.79 Å². The summed E-state index contributed by atoms with van der Waals surface area (Å²) in [5.41, 5.74) is 0.831. The van der Waals surface area contributed by atoms with E-state index in [1.54, 1.807) is 24.3 Å². The summed E-state index contributed by atoms with van der Waals surface area (Å²) in [6.07, 6.45) is 1.88. The monoisotopic (exact) mass is 289 g/mol. The topological polar surface area (TPSA) is 70.2 Å². The summed E-state index contributed by atoms with van der Waals surface area (Å²) in [5, 5.41) is 8.95. The number of hydrogen-bond donors (Lipinski definition) is 3. The van der Waals surface area contributed by atoms with E-state index in [0.29, 0.717) is 24.3 Å². The first-order valence-corrected chi connectivity index (χ1v) is 7.45. The van der Waals surface area contributed by atoms with Crippen molar-refractivity contribution >= 4 is 17.5 Å². The molecule has 1 aromatic rings. The zero-order valence-electron chi connectivity index (χ0n) is 12.7. The van der Waals surface area contributed by atoms with Crippen molar-refractivity contribution in [2.45, 2.75) is 26.7 Å². The molecule has 1 unspecified atom stereocenters. The predicted octanol–water partition coefficient (Wildman–Crippen LogP) is 1.76. The summed E-state index contributed by atoms with van der Waals surface area (Å²) >= 11 is 0. The van der Waals surface area contributed by atoms with Gasteiger partial charge in [0.1, 0.15) is 0 Å². The number of piperidine rings is 1. The lowest BCUT2D eigenvalue weighted by Gasteiger charge is -2.32. The van der Waals surface area contributed by atoms with Crippen molar-refractivity contribution in [3.05, 3.63) is 29.8 Å². The van der Waals surface area contributed by atoms with Crippen molar-refractivity contribution in [1.82, 2.24) is 10.6 Å². The molecule has 5 nitrogen and oxygen atoms in total. The molecule has 21 heavy (non-hydrogen) atoms. The number of amides is 2. The minimum Gasteiger partial charge on any atom is -0.352 e. The van der Waals surface area contributed by atoms with Gasteiger partial charge in [0.25, 0.3) is 5.91 Å². The highest BCUT2D eigenvalue weighted by Crippen LogP contribution is 2.27. The number of rotatable bonds is 4. The van der Waals surface area contributed by atoms with Crippen LogP contribution in [0.25, 0.3) is 0 Å². The molecule has 1 aromatic carbocycles. The van der Waals surface area contributed by atoms with Crippen LogP contribution >= 0.6 is 0 Å². The van der Waals surface area contributed by atoms with E-state index in [2.05, 4.69) is 16.0 Å². The maximum absolute atomic E-state index is 12.4. The second-order valence-electron chi connectivity index (χ2n) is 5.74. The SMILES string of the molecule is CCNC(=O)c1cccc(NC(=O)C2(C)CCCNC2)c1. The van der Waals surface area contributed by atoms with Crippen LogP contribution in [0.1, 0.15) is 37.0 Å². The molecule has 1 heterocycles. The summed E-state index contributed by atoms with van der Waals surface area (Å²) in [4.78, 5) is 24.3. The van der Waals surface area contributed by atoms with Crippen molar-refractivity contribution < 1.29 is 9.59 Å². The molecule has 1 fully saturated rings. The van der Waals surface area contributed by atoms with Gasteiger partial charge in [-0.3, -0.25) is 9.59 Å². The fraction of sp³-hybridized carbons (Fsp3) is 0.500. The molecular weight excluding hydrogens is 266 g/mol. The van der Waals surface area contributed by atoms with E-state index in [1.165, 1.54) is 0 Å². The molecule has 1 saturated heterocycles. The number of carbonyl (C=O) groups excluding carboxylic acids is 2. The highest BCUT2D eigenvalue weighted by atomic mass is 16.2. The lowest BCUT2D eigenvalue weighted by molar-refractivity contribution is -0.125. The summed E-state index contributed by atoms with van der Waals surface area (Å²) in [5.74, 6) is -0.123. The fourth-order valence-corrected chi connectivity index (χ4v) is 2.53. The van der Waals surface area contributed by atoms with Crippen molar-refractivity contribution in [1.29, 1.82) is 0 Å². The van der Waals surface area contributed by atoms with Gasteiger partial charge in [0.2, 0.25) is 5.91 Å². The Morgan fingerprint density at radius 2 is 2.19 bits per heavy atom. The maximum atomic E-state index is 12.4. The van der Waals surface area contributed by atoms with E-state index in [0.717, 1.165) is 19.4 Å². The van der Waals surface area contributed by atoms with Crippen LogP contribution < -0.4 is 16.0 Å². The Balaban J connectivity index is 2.07. The van der Waals surface area contributed by atoms with E-state index in [9.17, 15) is 9.59 Å². The van der Waals surface area contributed by atoms with Crippen LogP contribution in [0.5, 0.6) is 0 Å². The molecule has 0 saturated carbocycles. The van der Waals surface area contributed by atoms with Gasteiger partial charge in [-0.2, -0.15) is 0 Å². The molecule has 1 aliphatic heterocycles. The normalized spacial score (nSPS) is 21.6. The van der Waals surface area contributed by atoms with Crippen LogP contribution in [0.15, 0.2) is 24.3 Å². The summed E-state index contributed by atoms with van der Waals surface area (Å²) in [7, 11) is 0. The standard InChI is InChI=1S/C16H23N3O2/c1-3-18-14(20)12-6-4-7-13(10-12)19-15(21)16(2)8-5-9-17-11-16/h4,6-7,10,17H,3,5,8-9,11H2,1-2H3,(H,18,20)(H,19,21). The third kappa shape index (κ3) is 3.82. The molecular formula is C16H23N3O2. The fourth-order valence-electron chi connectivity index (χ4n) is 2.53. The Morgan fingerprint density at radius 3 is 2.86 bits per heavy atom. The number of carbonyl (C=O) groups is 2. The third-order valence-corrected chi connectivity index (χ3v) is 3.87. The van der Waals surface area contributed by atoms with Gasteiger partial charge in [-0.1, -0.05) is 6.07 Å². The zero-order chi connectivity index (χ0) is 15.3. The number of anilines is 1. The second kappa shape index (κ2) is 6.72. The maximum Gasteiger partial charge on any atom is 0.251 e. The van der Waals surface area contributed by atoms with Gasteiger partial charge in [0, 0.05) is 24.3 Å². The Labute approximate surface area is 125 Å². The molecule has 0 spiro atoms. The predicted molar refractivity (Wildman–Crippen MR) is 83.3 cm³/mol. The quantitative estimate of drug-likeness (QED) is 0.791. The van der Waals surface area contributed by atoms with E-state index in [-0.39, 0.29) is 17.2 Å². The van der Waals surface area contributed by atoms with Crippen molar-refractivity contribution in [2.24, 2.45) is 5.41 Å². The smallest absolute Gasteiger partial charge is 0.251 e. The Kier molecular flexibility index (Phi) is 4.96. The van der Waals surface area contributed by atoms with Gasteiger partial charge in [-0.25, -0.2) is 0 Å². The zero-order valence-corrected chi connectivity index (χ0v) is 12.7. The Bertz CT molecular complexity index is 522. The minimum atomic E-state index is -0.389. The van der Waals surface area contributed by atoms with E-state index >= 15 is 0 Å². The van der Waals surface area contributed by atoms with Crippen LogP contribution in [-0.4, -0.2) is 31.4 Å². The molecule has 0 aromatic heterocycles. The molecule has 114 valence electrons. The molecule has 0 radical (unpaired) electrons. The summed E-state index contributed by atoms with van der Waals surface area (Å²) in [6, 6.07) is 7.04. The first-order valence-electron chi connectivity index (χ1n) is 7.45. The number of hydrogen-bond acceptors (Lipinski definition) is 3. The molecule has 2 amide bonds. The largest absolute Gasteiger partial charge is 0.352 e. The number of benzene rings is 1. The molecule has 3 N–H and O–H groups in total. The van der Waals surface area contributed by atoms with Crippen molar-refractivity contribution in [2.75, 3.05) is 25.0 Å². The summed E-state index contributed by atoms with van der Waals surface area (Å²) in [6.45, 7) is 6.09. The lowest BCUT2D eigenvalue weighted by atomic mass is 9.82. The van der Waals surface area contributed by atoms with Gasteiger partial charge in [-0.05, 0) is 51.4 Å². The number of nitrogens with one attached hydrogen (secondary N) is 3. The van der Waals surface area contributed by atoms with Crippen molar-refractivity contribution in [3.63, 3.8) is 0 Å². The van der Waals surface area contributed by atoms with Gasteiger partial charge in [-0.15, -0.1) is 0 Å². The van der Waals surface area contributed by atoms with Gasteiger partial charge in [0.05, 0.1) is 5.41 Å². The lowest BCUT2D eigenvalue weighted by Crippen LogP contribution is -2.46. The average molecular weight is 289 g/mol. The van der Waals surface area contributed by atoms with Crippen LogP contribution in [0.3, 0.4) is 0 Å². The van der Waals surface area contributed by atoms with Crippen LogP contribution in [0, 0.1) is 5.41 Å². The molecule has 0 bridgehead atoms. The highest BCUT2D eigenvalue weighted by Gasteiger charge is 2.34. The third-order valence-electron chi connectivity index (χ3n) is 3.87. The average Bonchev–Trinajstić information content (AvgIpc) is 2.48. The molecule has 2 rings (SSSR count). The highest BCUT2D eigenvalue weighted by molar-refractivity contribution is 5.98. The Hall–Kier alpha value is -1.88. The first-order chi connectivity index (χ1) is 10.0. The molecule has 0 aliphatic carbocycles. The van der Waals surface area contributed by atoms with E-state index in [1.807, 2.05) is 13.8 Å². The van der Waals surface area contributed by atoms with Gasteiger partial charge < -0.3 is 16.0 Å².